The molecule has 1 unspecified atom stereocenters. The number of carbonyl (C=O) groups excluding carboxylic acids is 2. The normalized spacial score (nSPS) is 17.5. The van der Waals surface area contributed by atoms with Crippen LogP contribution >= 0.6 is 11.8 Å². The Morgan fingerprint density at radius 3 is 2.58 bits per heavy atom. The minimum absolute atomic E-state index is 0.0275. The predicted octanol–water partition coefficient (Wildman–Crippen LogP) is 4.76. The molecule has 0 aromatic heterocycles. The molecule has 0 radical (unpaired) electrons. The van der Waals surface area contributed by atoms with E-state index in [-0.39, 0.29) is 17.2 Å². The van der Waals surface area contributed by atoms with Crippen molar-refractivity contribution in [3.8, 4) is 0 Å². The summed E-state index contributed by atoms with van der Waals surface area (Å²) in [5, 5.41) is 2.88. The molecule has 0 saturated carbocycles. The number of amides is 2. The third-order valence-electron chi connectivity index (χ3n) is 4.26. The van der Waals surface area contributed by atoms with E-state index >= 15 is 0 Å². The van der Waals surface area contributed by atoms with E-state index in [2.05, 4.69) is 5.32 Å². The summed E-state index contributed by atoms with van der Waals surface area (Å²) in [7, 11) is 0. The molecule has 1 heterocycles. The average Bonchev–Trinajstić information content (AvgIpc) is 2.96. The number of thioether (sulfide) groups is 1. The summed E-state index contributed by atoms with van der Waals surface area (Å²) in [6, 6.07) is 15.8. The van der Waals surface area contributed by atoms with E-state index < -0.39 is 5.41 Å². The first-order valence-electron chi connectivity index (χ1n) is 8.67. The maximum Gasteiger partial charge on any atom is 0.238 e. The van der Waals surface area contributed by atoms with Crippen LogP contribution in [0.1, 0.15) is 37.3 Å². The standard InChI is InChI=1S/C21H24N2O2S/c1-14-7-5-10-17(11-14)23-18(24)13-26-19(23)15-8-6-9-16(12-15)22-20(25)21(2,3)4/h5-12,19H,13H2,1-4H3,(H,22,25). The van der Waals surface area contributed by atoms with Gasteiger partial charge in [0.2, 0.25) is 11.8 Å². The number of aryl methyl sites for hydroxylation is 1. The van der Waals surface area contributed by atoms with E-state index in [0.717, 1.165) is 22.5 Å². The highest BCUT2D eigenvalue weighted by atomic mass is 32.2. The molecule has 2 amide bonds. The van der Waals surface area contributed by atoms with Crippen LogP contribution in [0.15, 0.2) is 48.5 Å². The van der Waals surface area contributed by atoms with Crippen LogP contribution in [0.3, 0.4) is 0 Å². The molecule has 136 valence electrons. The van der Waals surface area contributed by atoms with Gasteiger partial charge >= 0.3 is 0 Å². The topological polar surface area (TPSA) is 49.4 Å². The highest BCUT2D eigenvalue weighted by Gasteiger charge is 2.34. The summed E-state index contributed by atoms with van der Waals surface area (Å²) >= 11 is 1.61. The zero-order valence-electron chi connectivity index (χ0n) is 15.6. The van der Waals surface area contributed by atoms with Crippen molar-refractivity contribution in [3.05, 3.63) is 59.7 Å². The first kappa shape index (κ1) is 18.5. The predicted molar refractivity (Wildman–Crippen MR) is 108 cm³/mol. The lowest BCUT2D eigenvalue weighted by Gasteiger charge is -2.25. The quantitative estimate of drug-likeness (QED) is 0.850. The van der Waals surface area contributed by atoms with Crippen molar-refractivity contribution < 1.29 is 9.59 Å². The number of rotatable bonds is 3. The van der Waals surface area contributed by atoms with Gasteiger partial charge in [0.25, 0.3) is 0 Å². The Hall–Kier alpha value is -2.27. The third kappa shape index (κ3) is 3.93. The SMILES string of the molecule is Cc1cccc(N2C(=O)CSC2c2cccc(NC(=O)C(C)(C)C)c2)c1. The van der Waals surface area contributed by atoms with E-state index in [4.69, 9.17) is 0 Å². The highest BCUT2D eigenvalue weighted by Crippen LogP contribution is 2.42. The molecule has 3 rings (SSSR count). The van der Waals surface area contributed by atoms with Gasteiger partial charge in [-0.25, -0.2) is 0 Å². The number of hydrogen-bond donors (Lipinski definition) is 1. The van der Waals surface area contributed by atoms with Gasteiger partial charge in [-0.05, 0) is 42.3 Å². The Labute approximate surface area is 159 Å². The molecule has 0 spiro atoms. The average molecular weight is 369 g/mol. The van der Waals surface area contributed by atoms with Crippen LogP contribution < -0.4 is 10.2 Å². The van der Waals surface area contributed by atoms with Crippen LogP contribution in [0.2, 0.25) is 0 Å². The molecule has 0 aliphatic carbocycles. The summed E-state index contributed by atoms with van der Waals surface area (Å²) in [6.07, 6.45) is 0. The number of hydrogen-bond acceptors (Lipinski definition) is 3. The molecule has 2 aromatic carbocycles. The van der Waals surface area contributed by atoms with Crippen LogP contribution in [-0.4, -0.2) is 17.6 Å². The maximum absolute atomic E-state index is 12.5. The molecule has 0 bridgehead atoms. The Morgan fingerprint density at radius 2 is 1.88 bits per heavy atom. The summed E-state index contributed by atoms with van der Waals surface area (Å²) in [4.78, 5) is 26.6. The van der Waals surface area contributed by atoms with Gasteiger partial charge in [-0.2, -0.15) is 0 Å². The van der Waals surface area contributed by atoms with Crippen LogP contribution in [0.4, 0.5) is 11.4 Å². The molecule has 1 fully saturated rings. The van der Waals surface area contributed by atoms with E-state index in [1.54, 1.807) is 11.8 Å². The molecule has 5 heteroatoms. The summed E-state index contributed by atoms with van der Waals surface area (Å²) in [6.45, 7) is 7.68. The van der Waals surface area contributed by atoms with Gasteiger partial charge in [-0.3, -0.25) is 14.5 Å². The number of nitrogens with zero attached hydrogens (tertiary/aromatic N) is 1. The summed E-state index contributed by atoms with van der Waals surface area (Å²) < 4.78 is 0. The smallest absolute Gasteiger partial charge is 0.238 e. The molecule has 1 N–H and O–H groups in total. The molecule has 1 atom stereocenters. The molecule has 4 nitrogen and oxygen atoms in total. The lowest BCUT2D eigenvalue weighted by molar-refractivity contribution is -0.123. The van der Waals surface area contributed by atoms with Gasteiger partial charge in [0.05, 0.1) is 5.75 Å². The van der Waals surface area contributed by atoms with Crippen molar-refractivity contribution in [1.82, 2.24) is 0 Å². The van der Waals surface area contributed by atoms with Crippen molar-refractivity contribution in [1.29, 1.82) is 0 Å². The first-order chi connectivity index (χ1) is 12.3. The lowest BCUT2D eigenvalue weighted by atomic mass is 9.95. The van der Waals surface area contributed by atoms with Crippen LogP contribution in [0, 0.1) is 12.3 Å². The first-order valence-corrected chi connectivity index (χ1v) is 9.72. The lowest BCUT2D eigenvalue weighted by Crippen LogP contribution is -2.28. The van der Waals surface area contributed by atoms with Gasteiger partial charge in [0.15, 0.2) is 0 Å². The number of carbonyl (C=O) groups is 2. The third-order valence-corrected chi connectivity index (χ3v) is 5.47. The molecular formula is C21H24N2O2S. The van der Waals surface area contributed by atoms with Gasteiger partial charge in [0, 0.05) is 16.8 Å². The minimum atomic E-state index is -0.457. The second-order valence-electron chi connectivity index (χ2n) is 7.60. The van der Waals surface area contributed by atoms with E-state index in [9.17, 15) is 9.59 Å². The zero-order valence-corrected chi connectivity index (χ0v) is 16.4. The van der Waals surface area contributed by atoms with Gasteiger partial charge in [0.1, 0.15) is 5.37 Å². The van der Waals surface area contributed by atoms with Crippen LogP contribution in [0.5, 0.6) is 0 Å². The monoisotopic (exact) mass is 368 g/mol. The molecule has 26 heavy (non-hydrogen) atoms. The molecule has 1 aliphatic rings. The molecule has 1 saturated heterocycles. The van der Waals surface area contributed by atoms with Crippen LogP contribution in [0.25, 0.3) is 0 Å². The van der Waals surface area contributed by atoms with Gasteiger partial charge in [-0.1, -0.05) is 45.0 Å². The zero-order chi connectivity index (χ0) is 18.9. The van der Waals surface area contributed by atoms with Crippen molar-refractivity contribution in [2.75, 3.05) is 16.0 Å². The van der Waals surface area contributed by atoms with E-state index in [1.807, 2.05) is 81.1 Å². The van der Waals surface area contributed by atoms with E-state index in [1.165, 1.54) is 0 Å². The minimum Gasteiger partial charge on any atom is -0.326 e. The fourth-order valence-electron chi connectivity index (χ4n) is 2.82. The second-order valence-corrected chi connectivity index (χ2v) is 8.66. The maximum atomic E-state index is 12.5. The fourth-order valence-corrected chi connectivity index (χ4v) is 3.98. The Kier molecular flexibility index (Phi) is 5.10. The second kappa shape index (κ2) is 7.16. The summed E-state index contributed by atoms with van der Waals surface area (Å²) in [5.41, 5.74) is 3.34. The van der Waals surface area contributed by atoms with Crippen molar-refractivity contribution >= 4 is 35.0 Å². The van der Waals surface area contributed by atoms with Gasteiger partial charge in [-0.15, -0.1) is 11.8 Å². The van der Waals surface area contributed by atoms with Crippen molar-refractivity contribution in [2.45, 2.75) is 33.1 Å². The molecule has 2 aromatic rings. The Balaban J connectivity index is 1.89. The van der Waals surface area contributed by atoms with Gasteiger partial charge < -0.3 is 5.32 Å². The van der Waals surface area contributed by atoms with Crippen molar-refractivity contribution in [2.24, 2.45) is 5.41 Å². The number of nitrogens with one attached hydrogen (secondary N) is 1. The number of anilines is 2. The molecular weight excluding hydrogens is 344 g/mol. The summed E-state index contributed by atoms with van der Waals surface area (Å²) in [5.74, 6) is 0.534. The Bertz CT molecular complexity index is 842. The van der Waals surface area contributed by atoms with Crippen LogP contribution in [-0.2, 0) is 9.59 Å². The fraction of sp³-hybridized carbons (Fsp3) is 0.333. The van der Waals surface area contributed by atoms with E-state index in [0.29, 0.717) is 5.75 Å². The largest absolute Gasteiger partial charge is 0.326 e. The number of benzene rings is 2. The Morgan fingerprint density at radius 1 is 1.15 bits per heavy atom. The molecule has 1 aliphatic heterocycles. The van der Waals surface area contributed by atoms with Crippen molar-refractivity contribution in [3.63, 3.8) is 0 Å². The highest BCUT2D eigenvalue weighted by molar-refractivity contribution is 8.00.